The van der Waals surface area contributed by atoms with Gasteiger partial charge in [0.15, 0.2) is 0 Å². The van der Waals surface area contributed by atoms with Gasteiger partial charge in [-0.25, -0.2) is 0 Å². The van der Waals surface area contributed by atoms with Crippen molar-refractivity contribution in [3.05, 3.63) is 102 Å². The third-order valence-corrected chi connectivity index (χ3v) is 7.64. The van der Waals surface area contributed by atoms with Crippen LogP contribution in [0.5, 0.6) is 0 Å². The van der Waals surface area contributed by atoms with Gasteiger partial charge in [0.1, 0.15) is 0 Å². The van der Waals surface area contributed by atoms with Crippen molar-refractivity contribution in [1.29, 1.82) is 0 Å². The van der Waals surface area contributed by atoms with E-state index in [4.69, 9.17) is 0 Å². The molecule has 0 saturated heterocycles. The number of hydrogen-bond donors (Lipinski definition) is 0. The Hall–Kier alpha value is -4.30. The maximum atomic E-state index is 13.8. The fourth-order valence-electron chi connectivity index (χ4n) is 5.47. The van der Waals surface area contributed by atoms with E-state index in [1.54, 1.807) is 17.8 Å². The van der Waals surface area contributed by atoms with Crippen molar-refractivity contribution >= 4 is 17.5 Å². The summed E-state index contributed by atoms with van der Waals surface area (Å²) in [6, 6.07) is 20.6. The van der Waals surface area contributed by atoms with Gasteiger partial charge < -0.3 is 9.80 Å². The van der Waals surface area contributed by atoms with Crippen LogP contribution >= 0.6 is 0 Å². The van der Waals surface area contributed by atoms with Crippen molar-refractivity contribution in [2.45, 2.75) is 39.3 Å². The molecule has 0 spiro atoms. The maximum Gasteiger partial charge on any atom is 0.223 e. The molecule has 3 heterocycles. The third kappa shape index (κ3) is 7.46. The van der Waals surface area contributed by atoms with Crippen molar-refractivity contribution in [1.82, 2.24) is 24.6 Å². The minimum Gasteiger partial charge on any atom is -0.337 e. The number of fused-ring (bicyclic) bond motifs is 1. The van der Waals surface area contributed by atoms with Crippen LogP contribution < -0.4 is 4.90 Å². The summed E-state index contributed by atoms with van der Waals surface area (Å²) >= 11 is 0. The number of nitrogens with zero attached hydrogens (tertiary/aromatic N) is 6. The zero-order valence-corrected chi connectivity index (χ0v) is 23.9. The fourth-order valence-corrected chi connectivity index (χ4v) is 5.47. The Morgan fingerprint density at radius 2 is 1.73 bits per heavy atom. The third-order valence-electron chi connectivity index (χ3n) is 7.64. The van der Waals surface area contributed by atoms with Gasteiger partial charge in [-0.3, -0.25) is 24.2 Å². The Balaban J connectivity index is 1.46. The summed E-state index contributed by atoms with van der Waals surface area (Å²) < 4.78 is 1.76. The first kappa shape index (κ1) is 28.2. The fraction of sp³-hybridized carbons (Fsp3) is 0.333. The van der Waals surface area contributed by atoms with Gasteiger partial charge in [-0.05, 0) is 58.9 Å². The molecule has 41 heavy (non-hydrogen) atoms. The molecular formula is C33H38N6O2. The topological polar surface area (TPSA) is 74.6 Å². The summed E-state index contributed by atoms with van der Waals surface area (Å²) in [5.41, 5.74) is 6.14. The van der Waals surface area contributed by atoms with Crippen molar-refractivity contribution in [3.8, 4) is 11.1 Å². The molecule has 0 atom stereocenters. The molecule has 0 radical (unpaired) electrons. The largest absolute Gasteiger partial charge is 0.337 e. The van der Waals surface area contributed by atoms with Crippen LogP contribution in [0.2, 0.25) is 0 Å². The number of carbonyl (C=O) groups is 2. The van der Waals surface area contributed by atoms with Crippen molar-refractivity contribution in [2.75, 3.05) is 31.1 Å². The smallest absolute Gasteiger partial charge is 0.223 e. The van der Waals surface area contributed by atoms with Crippen molar-refractivity contribution in [3.63, 3.8) is 0 Å². The minimum absolute atomic E-state index is 0.00342. The molecule has 1 aliphatic rings. The maximum absolute atomic E-state index is 13.8. The van der Waals surface area contributed by atoms with E-state index in [1.807, 2.05) is 65.8 Å². The molecule has 0 fully saturated rings. The molecule has 0 unspecified atom stereocenters. The minimum atomic E-state index is 0.00342. The van der Waals surface area contributed by atoms with E-state index >= 15 is 0 Å². The highest BCUT2D eigenvalue weighted by Gasteiger charge is 2.23. The van der Waals surface area contributed by atoms with Crippen LogP contribution in [0.15, 0.2) is 85.5 Å². The number of carbonyl (C=O) groups excluding carboxylic acids is 2. The number of hydrogen-bond acceptors (Lipinski definition) is 5. The van der Waals surface area contributed by atoms with E-state index in [-0.39, 0.29) is 11.8 Å². The molecule has 2 amide bonds. The Labute approximate surface area is 242 Å². The number of pyridine rings is 1. The van der Waals surface area contributed by atoms with Crippen LogP contribution in [-0.2, 0) is 36.1 Å². The van der Waals surface area contributed by atoms with Gasteiger partial charge in [0.25, 0.3) is 0 Å². The average molecular weight is 551 g/mol. The van der Waals surface area contributed by atoms with Gasteiger partial charge in [-0.15, -0.1) is 0 Å². The molecule has 2 aromatic carbocycles. The molecule has 0 saturated carbocycles. The van der Waals surface area contributed by atoms with Crippen LogP contribution in [0.3, 0.4) is 0 Å². The molecule has 0 bridgehead atoms. The van der Waals surface area contributed by atoms with Gasteiger partial charge in [0.2, 0.25) is 11.8 Å². The second kappa shape index (κ2) is 13.4. The summed E-state index contributed by atoms with van der Waals surface area (Å²) in [7, 11) is 1.89. The Morgan fingerprint density at radius 1 is 0.878 bits per heavy atom. The molecule has 0 aliphatic carbocycles. The molecule has 8 heteroatoms. The van der Waals surface area contributed by atoms with Crippen molar-refractivity contribution in [2.24, 2.45) is 7.05 Å². The van der Waals surface area contributed by atoms with Gasteiger partial charge in [-0.2, -0.15) is 5.10 Å². The lowest BCUT2D eigenvalue weighted by Crippen LogP contribution is -2.38. The SMILES string of the molecule is CC(=O)N1CCCN(Cc2ccccc2)CCN(C(=O)CCc2cnn(C)c2)Cc2cc(-c3cccnc3)ccc21. The highest BCUT2D eigenvalue weighted by atomic mass is 16.2. The van der Waals surface area contributed by atoms with Gasteiger partial charge in [-0.1, -0.05) is 42.5 Å². The second-order valence-electron chi connectivity index (χ2n) is 10.7. The van der Waals surface area contributed by atoms with Crippen molar-refractivity contribution < 1.29 is 9.59 Å². The summed E-state index contributed by atoms with van der Waals surface area (Å²) in [5.74, 6) is 0.101. The molecule has 5 rings (SSSR count). The van der Waals surface area contributed by atoms with Crippen LogP contribution in [-0.4, -0.2) is 62.6 Å². The second-order valence-corrected chi connectivity index (χ2v) is 10.7. The van der Waals surface area contributed by atoms with E-state index in [9.17, 15) is 9.59 Å². The molecule has 2 aromatic heterocycles. The molecular weight excluding hydrogens is 512 g/mol. The highest BCUT2D eigenvalue weighted by molar-refractivity contribution is 5.93. The summed E-state index contributed by atoms with van der Waals surface area (Å²) in [4.78, 5) is 37.2. The summed E-state index contributed by atoms with van der Waals surface area (Å²) in [5, 5.41) is 4.25. The average Bonchev–Trinajstić information content (AvgIpc) is 3.40. The number of anilines is 1. The number of aromatic nitrogens is 3. The lowest BCUT2D eigenvalue weighted by molar-refractivity contribution is -0.132. The summed E-state index contributed by atoms with van der Waals surface area (Å²) in [6.45, 7) is 5.67. The number of amides is 2. The van der Waals surface area contributed by atoms with E-state index in [0.29, 0.717) is 32.5 Å². The standard InChI is InChI=1S/C33H38N6O2/c1-26(40)39-17-7-16-37(24-27-8-4-3-5-9-27)18-19-38(33(41)14-11-28-21-35-36(2)23-28)25-31-20-29(12-13-32(31)39)30-10-6-15-34-22-30/h3-6,8-10,12-13,15,20-23H,7,11,14,16-19,24-25H2,1-2H3. The van der Waals surface area contributed by atoms with Gasteiger partial charge >= 0.3 is 0 Å². The van der Waals surface area contributed by atoms with Crippen LogP contribution in [0.4, 0.5) is 5.69 Å². The zero-order chi connectivity index (χ0) is 28.6. The lowest BCUT2D eigenvalue weighted by Gasteiger charge is -2.28. The van der Waals surface area contributed by atoms with Crippen LogP contribution in [0, 0.1) is 0 Å². The highest BCUT2D eigenvalue weighted by Crippen LogP contribution is 2.30. The van der Waals surface area contributed by atoms with E-state index in [0.717, 1.165) is 54.0 Å². The molecule has 1 aliphatic heterocycles. The zero-order valence-electron chi connectivity index (χ0n) is 23.9. The first-order chi connectivity index (χ1) is 20.0. The first-order valence-corrected chi connectivity index (χ1v) is 14.3. The molecule has 212 valence electrons. The first-order valence-electron chi connectivity index (χ1n) is 14.3. The Morgan fingerprint density at radius 3 is 2.46 bits per heavy atom. The molecule has 8 nitrogen and oxygen atoms in total. The van der Waals surface area contributed by atoms with Crippen LogP contribution in [0.25, 0.3) is 11.1 Å². The van der Waals surface area contributed by atoms with Gasteiger partial charge in [0.05, 0.1) is 6.20 Å². The van der Waals surface area contributed by atoms with E-state index in [1.165, 1.54) is 5.56 Å². The van der Waals surface area contributed by atoms with Crippen LogP contribution in [0.1, 0.15) is 36.5 Å². The lowest BCUT2D eigenvalue weighted by atomic mass is 10.0. The Kier molecular flexibility index (Phi) is 9.21. The van der Waals surface area contributed by atoms with E-state index < -0.39 is 0 Å². The quantitative estimate of drug-likeness (QED) is 0.348. The predicted octanol–water partition coefficient (Wildman–Crippen LogP) is 4.70. The number of rotatable bonds is 6. The van der Waals surface area contributed by atoms with E-state index in [2.05, 4.69) is 45.3 Å². The number of benzene rings is 2. The number of aryl methyl sites for hydroxylation is 2. The predicted molar refractivity (Wildman–Crippen MR) is 161 cm³/mol. The monoisotopic (exact) mass is 550 g/mol. The molecule has 0 N–H and O–H groups in total. The molecule has 4 aromatic rings. The Bertz CT molecular complexity index is 1450. The van der Waals surface area contributed by atoms with Gasteiger partial charge in [0, 0.05) is 83.9 Å². The summed E-state index contributed by atoms with van der Waals surface area (Å²) in [6.07, 6.45) is 9.26. The normalized spacial score (nSPS) is 14.8.